The third-order valence-electron chi connectivity index (χ3n) is 19.8. The number of fused-ring (bicyclic) bond motifs is 3. The highest BCUT2D eigenvalue weighted by atomic mass is 19.1. The first-order valence-electron chi connectivity index (χ1n) is 35.2. The van der Waals surface area contributed by atoms with Gasteiger partial charge in [-0.1, -0.05) is 111 Å². The summed E-state index contributed by atoms with van der Waals surface area (Å²) >= 11 is 0. The van der Waals surface area contributed by atoms with Crippen molar-refractivity contribution in [2.24, 2.45) is 0 Å². The highest BCUT2D eigenvalue weighted by Crippen LogP contribution is 2.40. The number of ether oxygens (including phenoxy) is 3. The van der Waals surface area contributed by atoms with Crippen LogP contribution in [0.1, 0.15) is 119 Å². The Kier molecular flexibility index (Phi) is 20.9. The summed E-state index contributed by atoms with van der Waals surface area (Å²) in [7, 11) is 0. The molecule has 4 amide bonds. The minimum Gasteiger partial charge on any atom is -0.383 e. The number of nitrogen functional groups attached to an aromatic ring is 3. The number of benzene rings is 4. The third kappa shape index (κ3) is 15.3. The van der Waals surface area contributed by atoms with Gasteiger partial charge in [-0.05, 0) is 86.4 Å². The number of carbonyl (C=O) groups is 4. The Morgan fingerprint density at radius 1 is 0.520 bits per heavy atom. The summed E-state index contributed by atoms with van der Waals surface area (Å²) in [6.07, 6.45) is 17.7. The van der Waals surface area contributed by atoms with Crippen LogP contribution in [0.2, 0.25) is 0 Å². The number of rotatable bonds is 16. The van der Waals surface area contributed by atoms with Crippen LogP contribution in [-0.2, 0) is 53.0 Å². The topological polar surface area (TPSA) is 368 Å². The summed E-state index contributed by atoms with van der Waals surface area (Å²) in [6.45, 7) is 5.87. The van der Waals surface area contributed by atoms with Gasteiger partial charge >= 0.3 is 0 Å². The minimum absolute atomic E-state index is 0.00795. The average Bonchev–Trinajstić information content (AvgIpc) is 1.62. The van der Waals surface area contributed by atoms with Crippen LogP contribution < -0.4 is 48.7 Å². The van der Waals surface area contributed by atoms with E-state index in [4.69, 9.17) is 46.7 Å². The van der Waals surface area contributed by atoms with Crippen molar-refractivity contribution in [3.63, 3.8) is 0 Å². The van der Waals surface area contributed by atoms with E-state index < -0.39 is 12.1 Å². The monoisotopic (exact) mass is 1390 g/mol. The molecular weight excluding hydrogens is 1300 g/mol. The van der Waals surface area contributed by atoms with Crippen molar-refractivity contribution in [2.45, 2.75) is 146 Å². The molecule has 10 aromatic rings. The van der Waals surface area contributed by atoms with E-state index in [1.807, 2.05) is 98.7 Å². The molecule has 3 aliphatic carbocycles. The van der Waals surface area contributed by atoms with E-state index in [2.05, 4.69) is 56.5 Å². The van der Waals surface area contributed by atoms with E-state index in [0.29, 0.717) is 88.1 Å². The second-order valence-corrected chi connectivity index (χ2v) is 26.9. The fourth-order valence-corrected chi connectivity index (χ4v) is 14.4. The van der Waals surface area contributed by atoms with Crippen molar-refractivity contribution in [1.82, 2.24) is 85.8 Å². The van der Waals surface area contributed by atoms with Gasteiger partial charge in [0.2, 0.25) is 17.7 Å². The van der Waals surface area contributed by atoms with E-state index in [9.17, 15) is 23.6 Å². The Morgan fingerprint density at radius 2 is 0.922 bits per heavy atom. The molecule has 102 heavy (non-hydrogen) atoms. The number of hydrogen-bond acceptors (Lipinski definition) is 21. The zero-order chi connectivity index (χ0) is 70.2. The van der Waals surface area contributed by atoms with E-state index in [1.165, 1.54) is 69.6 Å². The molecule has 16 rings (SSSR count). The molecule has 530 valence electrons. The van der Waals surface area contributed by atoms with Gasteiger partial charge in [0.25, 0.3) is 5.91 Å². The van der Waals surface area contributed by atoms with Crippen molar-refractivity contribution in [2.75, 3.05) is 68.2 Å². The van der Waals surface area contributed by atoms with Crippen LogP contribution in [0.4, 0.5) is 27.5 Å². The van der Waals surface area contributed by atoms with Crippen LogP contribution in [0.25, 0.3) is 66.9 Å². The largest absolute Gasteiger partial charge is 0.383 e. The van der Waals surface area contributed by atoms with Gasteiger partial charge < -0.3 is 57.6 Å². The number of morpholine rings is 3. The maximum Gasteiger partial charge on any atom is 0.251 e. The van der Waals surface area contributed by atoms with Gasteiger partial charge in [0, 0.05) is 54.6 Å². The number of aromatic nitrogens is 12. The summed E-state index contributed by atoms with van der Waals surface area (Å²) in [5.41, 5.74) is 29.9. The maximum absolute atomic E-state index is 13.3. The summed E-state index contributed by atoms with van der Waals surface area (Å²) in [4.78, 5) is 77.0. The number of amides is 4. The number of carbonyl (C=O) groups excluding carboxylic acids is 4. The van der Waals surface area contributed by atoms with Crippen LogP contribution in [-0.4, -0.2) is 153 Å². The molecule has 4 aromatic carbocycles. The summed E-state index contributed by atoms with van der Waals surface area (Å²) in [5.74, 6) is 0.229. The number of nitrogens with zero attached hydrogens (tertiary/aromatic N) is 13. The SMILES string of the molecule is CC1COCC(C(=O)NCc2ccc(-c3nn(C4CCCC4)c4ncnc(N)c34)cc2)N1.Nc1ncnc2c1c(-c1ccc(CNC(=O)C3CN(c4ccc(F)cc4)CCO3)cc1)nn2C1CCCC1.Nc1ncnc2c1c(-c1ccc(CNC(=O)C3COCC(=O)N3)cc1)nn2C1CCCC1. The van der Waals surface area contributed by atoms with Crippen molar-refractivity contribution in [3.8, 4) is 33.8 Å². The van der Waals surface area contributed by atoms with Gasteiger partial charge in [0.15, 0.2) is 23.0 Å². The first-order valence-corrected chi connectivity index (χ1v) is 35.2. The lowest BCUT2D eigenvalue weighted by Gasteiger charge is -2.33. The van der Waals surface area contributed by atoms with E-state index >= 15 is 0 Å². The number of hydrogen-bond donors (Lipinski definition) is 8. The molecule has 29 heteroatoms. The predicted molar refractivity (Wildman–Crippen MR) is 382 cm³/mol. The van der Waals surface area contributed by atoms with Crippen molar-refractivity contribution in [1.29, 1.82) is 0 Å². The van der Waals surface area contributed by atoms with Crippen molar-refractivity contribution in [3.05, 3.63) is 139 Å². The smallest absolute Gasteiger partial charge is 0.251 e. The zero-order valence-corrected chi connectivity index (χ0v) is 56.8. The molecule has 3 saturated heterocycles. The first kappa shape index (κ1) is 68.5. The predicted octanol–water partition coefficient (Wildman–Crippen LogP) is 7.36. The third-order valence-corrected chi connectivity index (χ3v) is 19.8. The number of nitrogens with one attached hydrogen (secondary N) is 5. The molecule has 0 radical (unpaired) electrons. The number of anilines is 4. The van der Waals surface area contributed by atoms with Gasteiger partial charge in [-0.2, -0.15) is 15.3 Å². The minimum atomic E-state index is -0.663. The van der Waals surface area contributed by atoms with Gasteiger partial charge in [0.1, 0.15) is 78.0 Å². The number of halogens is 1. The van der Waals surface area contributed by atoms with Gasteiger partial charge in [0.05, 0.1) is 67.3 Å². The Balaban J connectivity index is 0.000000130. The summed E-state index contributed by atoms with van der Waals surface area (Å²) < 4.78 is 35.6. The molecular formula is C73H84FN21O7. The molecule has 9 heterocycles. The Bertz CT molecular complexity index is 4610. The Hall–Kier alpha value is -10.6. The standard InChI is InChI=1S/C28H30FN7O2.C23H29N7O2.C22H25N7O3/c29-20-9-11-21(12-10-20)35-13-14-38-23(16-35)28(37)31-15-18-5-7-19(8-6-18)25-24-26(30)32-17-33-27(24)36(34-25)22-3-1-2-4-22;1-14-11-32-12-18(28-14)23(31)25-10-15-6-8-16(9-7-15)20-19-21(24)26-13-27-22(19)30(29-20)17-4-2-3-5-17;23-20-18-19(28-29(15-3-1-2-4-15)21(18)26-12-25-20)14-7-5-13(6-8-14)9-24-22(31)16-10-32-11-17(30)27-16/h5-12,17,22-23H,1-4,13-16H2,(H,31,37)(H2,30,32,33);6-9,13-14,17-18,28H,2-5,10-12H2,1H3,(H,25,31)(H2,24,26,27);5-8,12,15-16H,1-4,9-11H2,(H,24,31)(H,27,30)(H2,23,25,26). The maximum atomic E-state index is 13.3. The zero-order valence-electron chi connectivity index (χ0n) is 56.8. The second-order valence-electron chi connectivity index (χ2n) is 26.9. The van der Waals surface area contributed by atoms with Gasteiger partial charge in [-0.25, -0.2) is 48.3 Å². The van der Waals surface area contributed by atoms with Crippen LogP contribution in [0.3, 0.4) is 0 Å². The quantitative estimate of drug-likeness (QED) is 0.0468. The highest BCUT2D eigenvalue weighted by Gasteiger charge is 2.32. The van der Waals surface area contributed by atoms with Crippen LogP contribution in [0, 0.1) is 5.82 Å². The second kappa shape index (κ2) is 31.1. The molecule has 4 atom stereocenters. The molecule has 0 spiro atoms. The van der Waals surface area contributed by atoms with Crippen LogP contribution >= 0.6 is 0 Å². The molecule has 4 unspecified atom stereocenters. The van der Waals surface area contributed by atoms with Crippen LogP contribution in [0.15, 0.2) is 116 Å². The normalized spacial score (nSPS) is 19.7. The number of nitrogens with two attached hydrogens (primary N) is 3. The fourth-order valence-electron chi connectivity index (χ4n) is 14.4. The molecule has 28 nitrogen and oxygen atoms in total. The van der Waals surface area contributed by atoms with Crippen molar-refractivity contribution < 1.29 is 37.8 Å². The Morgan fingerprint density at radius 3 is 1.33 bits per heavy atom. The van der Waals surface area contributed by atoms with Gasteiger partial charge in [-0.15, -0.1) is 0 Å². The molecule has 3 aliphatic heterocycles. The Labute approximate surface area is 587 Å². The summed E-state index contributed by atoms with van der Waals surface area (Å²) in [5, 5.41) is 31.8. The first-order chi connectivity index (χ1) is 49.8. The van der Waals surface area contributed by atoms with E-state index in [-0.39, 0.29) is 54.7 Å². The van der Waals surface area contributed by atoms with E-state index in [0.717, 1.165) is 128 Å². The lowest BCUT2D eigenvalue weighted by molar-refractivity contribution is -0.138. The molecule has 6 fully saturated rings. The van der Waals surface area contributed by atoms with Gasteiger partial charge in [-0.3, -0.25) is 24.5 Å². The molecule has 11 N–H and O–H groups in total. The lowest BCUT2D eigenvalue weighted by atomic mass is 10.1. The molecule has 6 aliphatic rings. The van der Waals surface area contributed by atoms with Crippen LogP contribution in [0.5, 0.6) is 0 Å². The summed E-state index contributed by atoms with van der Waals surface area (Å²) in [6, 6.07) is 30.3. The highest BCUT2D eigenvalue weighted by molar-refractivity contribution is 6.00. The molecule has 6 aromatic heterocycles. The van der Waals surface area contributed by atoms with E-state index in [1.54, 1.807) is 12.1 Å². The lowest BCUT2D eigenvalue weighted by Crippen LogP contribution is -2.54. The average molecular weight is 1390 g/mol. The molecule has 0 bridgehead atoms. The molecule has 3 saturated carbocycles. The van der Waals surface area contributed by atoms with Crippen molar-refractivity contribution >= 4 is 79.9 Å². The fraction of sp³-hybridized carbons (Fsp3) is 0.411.